The van der Waals surface area contributed by atoms with Gasteiger partial charge >= 0.3 is 0 Å². The number of carbonyl (C=O) groups is 2. The third kappa shape index (κ3) is 4.50. The number of nitrogens with one attached hydrogen (secondary N) is 2. The second-order valence-corrected chi connectivity index (χ2v) is 7.77. The predicted molar refractivity (Wildman–Crippen MR) is 90.0 cm³/mol. The monoisotopic (exact) mass is 351 g/mol. The van der Waals surface area contributed by atoms with Crippen LogP contribution in [0.4, 0.5) is 0 Å². The number of nitrogens with zero attached hydrogens (tertiary/aromatic N) is 1. The van der Waals surface area contributed by atoms with E-state index in [2.05, 4.69) is 10.6 Å². The molecule has 0 aromatic rings. The van der Waals surface area contributed by atoms with Gasteiger partial charge in [0, 0.05) is 36.7 Å². The number of β-amino-alcohol motifs (C(OH)–C–C–N with tert-alkyl or cyclic N) is 1. The molecule has 2 heterocycles. The molecule has 2 saturated heterocycles. The van der Waals surface area contributed by atoms with Gasteiger partial charge in [-0.25, -0.2) is 0 Å². The Morgan fingerprint density at radius 2 is 2.05 bits per heavy atom. The van der Waals surface area contributed by atoms with Gasteiger partial charge in [-0.2, -0.15) is 0 Å². The fraction of sp³-hybridized carbons (Fsp3) is 0.857. The van der Waals surface area contributed by atoms with Crippen molar-refractivity contribution in [2.24, 2.45) is 11.3 Å². The number of rotatable bonds is 3. The fourth-order valence-corrected chi connectivity index (χ4v) is 3.72. The van der Waals surface area contributed by atoms with E-state index in [1.165, 1.54) is 0 Å². The first kappa shape index (κ1) is 19.5. The van der Waals surface area contributed by atoms with Crippen molar-refractivity contribution in [3.8, 4) is 0 Å². The maximum Gasteiger partial charge on any atom is 0.243 e. The molecule has 2 aliphatic rings. The summed E-state index contributed by atoms with van der Waals surface area (Å²) in [5.74, 6) is 1.16. The highest BCUT2D eigenvalue weighted by Gasteiger charge is 2.39. The summed E-state index contributed by atoms with van der Waals surface area (Å²) in [6.45, 7) is 7.35. The normalized spacial score (nSPS) is 28.4. The molecular weight excluding hydrogens is 326 g/mol. The molecule has 3 N–H and O–H groups in total. The van der Waals surface area contributed by atoms with Crippen LogP contribution in [0.25, 0.3) is 0 Å². The van der Waals surface area contributed by atoms with Crippen molar-refractivity contribution in [1.29, 1.82) is 0 Å². The van der Waals surface area contributed by atoms with Gasteiger partial charge in [0.15, 0.2) is 0 Å². The Bertz CT molecular complexity index is 417. The second-order valence-electron chi connectivity index (χ2n) is 6.77. The minimum absolute atomic E-state index is 0. The number of halogens is 1. The van der Waals surface area contributed by atoms with Gasteiger partial charge < -0.3 is 20.6 Å². The third-order valence-electron chi connectivity index (χ3n) is 3.93. The Kier molecular flexibility index (Phi) is 6.98. The SMILES string of the molecule is CC(C)(C)C(=O)N1CSCC1C(=O)NCC1CNCC1O.Cl. The summed E-state index contributed by atoms with van der Waals surface area (Å²) < 4.78 is 0. The minimum atomic E-state index is -0.477. The molecule has 0 aromatic carbocycles. The highest BCUT2D eigenvalue weighted by Crippen LogP contribution is 2.27. The molecule has 22 heavy (non-hydrogen) atoms. The fourth-order valence-electron chi connectivity index (χ4n) is 2.57. The third-order valence-corrected chi connectivity index (χ3v) is 4.94. The summed E-state index contributed by atoms with van der Waals surface area (Å²) >= 11 is 1.60. The number of carbonyl (C=O) groups excluding carboxylic acids is 2. The van der Waals surface area contributed by atoms with Crippen LogP contribution in [-0.4, -0.2) is 65.2 Å². The summed E-state index contributed by atoms with van der Waals surface area (Å²) in [6, 6.07) is -0.395. The van der Waals surface area contributed by atoms with Crippen LogP contribution in [0.15, 0.2) is 0 Å². The predicted octanol–water partition coefficient (Wildman–Crippen LogP) is 0.0523. The van der Waals surface area contributed by atoms with Crippen molar-refractivity contribution in [3.63, 3.8) is 0 Å². The smallest absolute Gasteiger partial charge is 0.243 e. The highest BCUT2D eigenvalue weighted by molar-refractivity contribution is 7.99. The Balaban J connectivity index is 0.00000242. The van der Waals surface area contributed by atoms with Crippen LogP contribution >= 0.6 is 24.2 Å². The quantitative estimate of drug-likeness (QED) is 0.669. The second kappa shape index (κ2) is 7.86. The Morgan fingerprint density at radius 1 is 1.36 bits per heavy atom. The number of amides is 2. The topological polar surface area (TPSA) is 81.7 Å². The van der Waals surface area contributed by atoms with Gasteiger partial charge in [0.1, 0.15) is 6.04 Å². The molecule has 128 valence electrons. The molecular formula is C14H26ClN3O3S. The summed E-state index contributed by atoms with van der Waals surface area (Å²) in [5, 5.41) is 15.7. The van der Waals surface area contributed by atoms with Crippen molar-refractivity contribution in [3.05, 3.63) is 0 Å². The number of aliphatic hydroxyl groups excluding tert-OH is 1. The minimum Gasteiger partial charge on any atom is -0.391 e. The molecule has 2 amide bonds. The van der Waals surface area contributed by atoms with Gasteiger partial charge in [-0.15, -0.1) is 24.2 Å². The zero-order valence-corrected chi connectivity index (χ0v) is 14.9. The molecule has 2 fully saturated rings. The molecule has 8 heteroatoms. The molecule has 0 radical (unpaired) electrons. The van der Waals surface area contributed by atoms with Crippen LogP contribution in [0, 0.1) is 11.3 Å². The number of aliphatic hydroxyl groups is 1. The zero-order chi connectivity index (χ0) is 15.6. The van der Waals surface area contributed by atoms with Gasteiger partial charge in [0.2, 0.25) is 11.8 Å². The van der Waals surface area contributed by atoms with Crippen LogP contribution in [0.3, 0.4) is 0 Å². The molecule has 0 saturated carbocycles. The van der Waals surface area contributed by atoms with Gasteiger partial charge in [-0.1, -0.05) is 20.8 Å². The molecule has 0 bridgehead atoms. The van der Waals surface area contributed by atoms with Crippen LogP contribution in [0.1, 0.15) is 20.8 Å². The van der Waals surface area contributed by atoms with Gasteiger partial charge in [-0.3, -0.25) is 9.59 Å². The van der Waals surface area contributed by atoms with Crippen LogP contribution in [0.5, 0.6) is 0 Å². The van der Waals surface area contributed by atoms with Crippen LogP contribution < -0.4 is 10.6 Å². The van der Waals surface area contributed by atoms with Crippen molar-refractivity contribution < 1.29 is 14.7 Å². The number of hydrogen-bond donors (Lipinski definition) is 3. The summed E-state index contributed by atoms with van der Waals surface area (Å²) in [6.07, 6.45) is -0.407. The van der Waals surface area contributed by atoms with E-state index >= 15 is 0 Å². The highest BCUT2D eigenvalue weighted by atomic mass is 35.5. The molecule has 3 unspecified atom stereocenters. The van der Waals surface area contributed by atoms with Gasteiger partial charge in [0.05, 0.1) is 12.0 Å². The molecule has 3 atom stereocenters. The standard InChI is InChI=1S/C14H25N3O3S.ClH/c1-14(2,3)13(20)17-8-21-7-10(17)12(19)16-5-9-4-15-6-11(9)18;/h9-11,15,18H,4-8H2,1-3H3,(H,16,19);1H. The lowest BCUT2D eigenvalue weighted by Gasteiger charge is -2.29. The van der Waals surface area contributed by atoms with E-state index in [0.29, 0.717) is 31.3 Å². The summed E-state index contributed by atoms with van der Waals surface area (Å²) in [5.41, 5.74) is -0.477. The van der Waals surface area contributed by atoms with Gasteiger partial charge in [0.25, 0.3) is 0 Å². The molecule has 6 nitrogen and oxygen atoms in total. The molecule has 2 aliphatic heterocycles. The number of thioether (sulfide) groups is 1. The van der Waals surface area contributed by atoms with E-state index in [9.17, 15) is 14.7 Å². The van der Waals surface area contributed by atoms with Crippen LogP contribution in [-0.2, 0) is 9.59 Å². The van der Waals surface area contributed by atoms with E-state index in [1.807, 2.05) is 20.8 Å². The van der Waals surface area contributed by atoms with E-state index in [4.69, 9.17) is 0 Å². The Hall–Kier alpha value is -0.500. The molecule has 2 rings (SSSR count). The Labute approximate surface area is 142 Å². The summed E-state index contributed by atoms with van der Waals surface area (Å²) in [7, 11) is 0. The van der Waals surface area contributed by atoms with E-state index < -0.39 is 17.6 Å². The number of hydrogen-bond acceptors (Lipinski definition) is 5. The first-order chi connectivity index (χ1) is 9.80. The average Bonchev–Trinajstić information content (AvgIpc) is 3.02. The van der Waals surface area contributed by atoms with E-state index in [0.717, 1.165) is 0 Å². The van der Waals surface area contributed by atoms with Gasteiger partial charge in [-0.05, 0) is 0 Å². The zero-order valence-electron chi connectivity index (χ0n) is 13.3. The largest absolute Gasteiger partial charge is 0.391 e. The van der Waals surface area contributed by atoms with E-state index in [1.54, 1.807) is 16.7 Å². The lowest BCUT2D eigenvalue weighted by Crippen LogP contribution is -2.51. The van der Waals surface area contributed by atoms with Crippen molar-refractivity contribution in [2.75, 3.05) is 31.3 Å². The Morgan fingerprint density at radius 3 is 2.59 bits per heavy atom. The maximum atomic E-state index is 12.4. The molecule has 0 aliphatic carbocycles. The van der Waals surface area contributed by atoms with E-state index in [-0.39, 0.29) is 30.1 Å². The van der Waals surface area contributed by atoms with Crippen molar-refractivity contribution in [2.45, 2.75) is 32.9 Å². The van der Waals surface area contributed by atoms with Crippen LogP contribution in [0.2, 0.25) is 0 Å². The molecule has 0 spiro atoms. The molecule has 0 aromatic heterocycles. The van der Waals surface area contributed by atoms with Crippen molar-refractivity contribution >= 4 is 36.0 Å². The lowest BCUT2D eigenvalue weighted by atomic mass is 9.94. The maximum absolute atomic E-state index is 12.4. The summed E-state index contributed by atoms with van der Waals surface area (Å²) in [4.78, 5) is 26.4. The first-order valence-electron chi connectivity index (χ1n) is 7.36. The average molecular weight is 352 g/mol. The van der Waals surface area contributed by atoms with Crippen molar-refractivity contribution in [1.82, 2.24) is 15.5 Å². The first-order valence-corrected chi connectivity index (χ1v) is 8.51. The lowest BCUT2D eigenvalue weighted by molar-refractivity contribution is -0.144.